The molecule has 0 saturated carbocycles. The Morgan fingerprint density at radius 3 is 2.29 bits per heavy atom. The summed E-state index contributed by atoms with van der Waals surface area (Å²) in [4.78, 5) is 23.4. The summed E-state index contributed by atoms with van der Waals surface area (Å²) >= 11 is 0. The number of hydrogen-bond donors (Lipinski definition) is 5. The molecular formula is C26H35NO8. The van der Waals surface area contributed by atoms with Crippen molar-refractivity contribution >= 4 is 11.9 Å². The van der Waals surface area contributed by atoms with Gasteiger partial charge in [-0.3, -0.25) is 0 Å². The zero-order chi connectivity index (χ0) is 25.8. The minimum absolute atomic E-state index is 0.000151. The van der Waals surface area contributed by atoms with Gasteiger partial charge in [-0.15, -0.1) is 0 Å². The van der Waals surface area contributed by atoms with Gasteiger partial charge in [0.25, 0.3) is 0 Å². The number of nitrogens with one attached hydrogen (secondary N) is 1. The van der Waals surface area contributed by atoms with Crippen molar-refractivity contribution in [2.75, 3.05) is 13.2 Å². The molecular weight excluding hydrogens is 454 g/mol. The first kappa shape index (κ1) is 28.3. The maximum Gasteiger partial charge on any atom is 0.338 e. The predicted molar refractivity (Wildman–Crippen MR) is 129 cm³/mol. The summed E-state index contributed by atoms with van der Waals surface area (Å²) in [7, 11) is 0. The highest BCUT2D eigenvalue weighted by atomic mass is 16.6. The number of rotatable bonds is 15. The molecule has 5 unspecified atom stereocenters. The van der Waals surface area contributed by atoms with Crippen LogP contribution in [0.2, 0.25) is 0 Å². The standard InChI is InChI=1S/C26H35NO8/c1-3-17(2)27-15-19(28)16-34-21-12-8-7-11-20(21)22(14-13-18-9-5-4-6-10-18)35-26(33)24(30)23(29)25(31)32/h4-12,17,19,22-24,27-30H,3,13-16H2,1-2H3,(H,31,32). The highest BCUT2D eigenvalue weighted by molar-refractivity contribution is 5.84. The first-order valence-electron chi connectivity index (χ1n) is 11.7. The molecule has 0 amide bonds. The summed E-state index contributed by atoms with van der Waals surface area (Å²) in [6.07, 6.45) is -4.46. The summed E-state index contributed by atoms with van der Waals surface area (Å²) in [6, 6.07) is 16.6. The Hall–Kier alpha value is -2.98. The van der Waals surface area contributed by atoms with E-state index >= 15 is 0 Å². The van der Waals surface area contributed by atoms with Crippen LogP contribution in [0.3, 0.4) is 0 Å². The second-order valence-electron chi connectivity index (χ2n) is 8.40. The number of ether oxygens (including phenoxy) is 2. The average molecular weight is 490 g/mol. The molecule has 0 aromatic heterocycles. The number of para-hydroxylation sites is 1. The van der Waals surface area contributed by atoms with E-state index in [-0.39, 0.29) is 12.6 Å². The summed E-state index contributed by atoms with van der Waals surface area (Å²) in [5.41, 5.74) is 1.49. The number of carboxylic acids is 1. The highest BCUT2D eigenvalue weighted by Gasteiger charge is 2.33. The van der Waals surface area contributed by atoms with Crippen molar-refractivity contribution in [1.29, 1.82) is 0 Å². The quantitative estimate of drug-likeness (QED) is 0.237. The van der Waals surface area contributed by atoms with Gasteiger partial charge >= 0.3 is 11.9 Å². The van der Waals surface area contributed by atoms with Crippen LogP contribution in [-0.2, 0) is 20.7 Å². The number of carbonyl (C=O) groups excluding carboxylic acids is 1. The maximum absolute atomic E-state index is 12.5. The maximum atomic E-state index is 12.5. The summed E-state index contributed by atoms with van der Waals surface area (Å²) < 4.78 is 11.3. The van der Waals surface area contributed by atoms with Crippen LogP contribution in [0.5, 0.6) is 5.75 Å². The van der Waals surface area contributed by atoms with Crippen LogP contribution in [0.25, 0.3) is 0 Å². The second-order valence-corrected chi connectivity index (χ2v) is 8.40. The second kappa shape index (κ2) is 14.4. The van der Waals surface area contributed by atoms with Gasteiger partial charge in [0, 0.05) is 18.2 Å². The summed E-state index contributed by atoms with van der Waals surface area (Å²) in [5, 5.41) is 41.9. The first-order valence-corrected chi connectivity index (χ1v) is 11.7. The van der Waals surface area contributed by atoms with E-state index in [4.69, 9.17) is 14.6 Å². The van der Waals surface area contributed by atoms with Crippen molar-refractivity contribution in [3.8, 4) is 5.75 Å². The molecule has 35 heavy (non-hydrogen) atoms. The van der Waals surface area contributed by atoms with Crippen LogP contribution in [0.15, 0.2) is 54.6 Å². The topological polar surface area (TPSA) is 146 Å². The van der Waals surface area contributed by atoms with Gasteiger partial charge in [0.1, 0.15) is 24.6 Å². The third kappa shape index (κ3) is 9.29. The Labute approximate surface area is 205 Å². The SMILES string of the molecule is CCC(C)NCC(O)COc1ccccc1C(CCc1ccccc1)OC(=O)C(O)C(O)C(=O)O. The average Bonchev–Trinajstić information content (AvgIpc) is 2.88. The van der Waals surface area contributed by atoms with Gasteiger partial charge in [0.15, 0.2) is 12.2 Å². The highest BCUT2D eigenvalue weighted by Crippen LogP contribution is 2.32. The molecule has 0 heterocycles. The number of carboxylic acid groups (broad SMARTS) is 1. The summed E-state index contributed by atoms with van der Waals surface area (Å²) in [5.74, 6) is -2.61. The normalized spacial score (nSPS) is 15.5. The number of aryl methyl sites for hydroxylation is 1. The molecule has 0 saturated heterocycles. The fraction of sp³-hybridized carbons (Fsp3) is 0.462. The van der Waals surface area contributed by atoms with Crippen molar-refractivity contribution in [2.24, 2.45) is 0 Å². The van der Waals surface area contributed by atoms with Gasteiger partial charge in [-0.25, -0.2) is 9.59 Å². The minimum atomic E-state index is -2.31. The van der Waals surface area contributed by atoms with Crippen molar-refractivity contribution in [1.82, 2.24) is 5.32 Å². The number of benzene rings is 2. The van der Waals surface area contributed by atoms with E-state index in [9.17, 15) is 24.9 Å². The Morgan fingerprint density at radius 1 is 0.971 bits per heavy atom. The fourth-order valence-corrected chi connectivity index (χ4v) is 3.30. The van der Waals surface area contributed by atoms with E-state index in [2.05, 4.69) is 5.32 Å². The zero-order valence-electron chi connectivity index (χ0n) is 20.0. The van der Waals surface area contributed by atoms with Gasteiger partial charge in [-0.2, -0.15) is 0 Å². The van der Waals surface area contributed by atoms with Gasteiger partial charge in [-0.05, 0) is 37.8 Å². The lowest BCUT2D eigenvalue weighted by Gasteiger charge is -2.24. The smallest absolute Gasteiger partial charge is 0.338 e. The Kier molecular flexibility index (Phi) is 11.6. The van der Waals surface area contributed by atoms with E-state index in [1.165, 1.54) is 0 Å². The first-order chi connectivity index (χ1) is 16.7. The lowest BCUT2D eigenvalue weighted by Crippen LogP contribution is -2.41. The Balaban J connectivity index is 2.18. The molecule has 0 fully saturated rings. The van der Waals surface area contributed by atoms with Crippen molar-refractivity contribution in [3.63, 3.8) is 0 Å². The Bertz CT molecular complexity index is 923. The molecule has 0 spiro atoms. The molecule has 2 aromatic carbocycles. The van der Waals surface area contributed by atoms with Crippen molar-refractivity contribution < 1.29 is 39.5 Å². The monoisotopic (exact) mass is 489 g/mol. The molecule has 5 atom stereocenters. The van der Waals surface area contributed by atoms with Crippen LogP contribution in [0.1, 0.15) is 43.9 Å². The molecule has 0 aliphatic heterocycles. The molecule has 192 valence electrons. The third-order valence-corrected chi connectivity index (χ3v) is 5.60. The van der Waals surface area contributed by atoms with Crippen LogP contribution in [0.4, 0.5) is 0 Å². The molecule has 9 heteroatoms. The number of aliphatic hydroxyl groups is 3. The molecule has 2 rings (SSSR count). The summed E-state index contributed by atoms with van der Waals surface area (Å²) in [6.45, 7) is 4.41. The van der Waals surface area contributed by atoms with Crippen LogP contribution in [-0.4, -0.2) is 69.9 Å². The number of esters is 1. The molecule has 0 aliphatic rings. The van der Waals surface area contributed by atoms with Crippen molar-refractivity contribution in [2.45, 2.75) is 63.6 Å². The predicted octanol–water partition coefficient (Wildman–Crippen LogP) is 1.84. The molecule has 5 N–H and O–H groups in total. The lowest BCUT2D eigenvalue weighted by molar-refractivity contribution is -0.174. The van der Waals surface area contributed by atoms with Crippen LogP contribution < -0.4 is 10.1 Å². The number of aliphatic hydroxyl groups excluding tert-OH is 3. The van der Waals surface area contributed by atoms with Gasteiger partial charge in [0.2, 0.25) is 0 Å². The van der Waals surface area contributed by atoms with E-state index in [1.807, 2.05) is 44.2 Å². The van der Waals surface area contributed by atoms with E-state index in [1.54, 1.807) is 24.3 Å². The van der Waals surface area contributed by atoms with E-state index in [0.29, 0.717) is 30.7 Å². The number of hydrogen-bond acceptors (Lipinski definition) is 8. The molecule has 0 radical (unpaired) electrons. The number of carbonyl (C=O) groups is 2. The number of aliphatic carboxylic acids is 1. The van der Waals surface area contributed by atoms with Crippen molar-refractivity contribution in [3.05, 3.63) is 65.7 Å². The van der Waals surface area contributed by atoms with Gasteiger partial charge < -0.3 is 35.2 Å². The largest absolute Gasteiger partial charge is 0.490 e. The minimum Gasteiger partial charge on any atom is -0.490 e. The third-order valence-electron chi connectivity index (χ3n) is 5.60. The van der Waals surface area contributed by atoms with E-state index in [0.717, 1.165) is 12.0 Å². The molecule has 0 bridgehead atoms. The fourth-order valence-electron chi connectivity index (χ4n) is 3.30. The van der Waals surface area contributed by atoms with Gasteiger partial charge in [0.05, 0.1) is 0 Å². The van der Waals surface area contributed by atoms with E-state index < -0.39 is 36.4 Å². The molecule has 9 nitrogen and oxygen atoms in total. The molecule has 2 aromatic rings. The molecule has 0 aliphatic carbocycles. The lowest BCUT2D eigenvalue weighted by atomic mass is 10.00. The van der Waals surface area contributed by atoms with Crippen LogP contribution in [0, 0.1) is 0 Å². The Morgan fingerprint density at radius 2 is 1.63 bits per heavy atom. The van der Waals surface area contributed by atoms with Crippen LogP contribution >= 0.6 is 0 Å². The van der Waals surface area contributed by atoms with Gasteiger partial charge in [-0.1, -0.05) is 55.5 Å². The zero-order valence-corrected chi connectivity index (χ0v) is 20.0.